The first-order valence-electron chi connectivity index (χ1n) is 11.8. The Morgan fingerprint density at radius 3 is 1.38 bits per heavy atom. The van der Waals surface area contributed by atoms with Crippen LogP contribution in [-0.2, 0) is 9.47 Å². The van der Waals surface area contributed by atoms with Gasteiger partial charge in [0.2, 0.25) is 5.78 Å². The van der Waals surface area contributed by atoms with Crippen molar-refractivity contribution in [2.24, 2.45) is 0 Å². The molecule has 4 rings (SSSR count). The van der Waals surface area contributed by atoms with Gasteiger partial charge in [-0.1, -0.05) is 27.7 Å². The van der Waals surface area contributed by atoms with Gasteiger partial charge in [-0.2, -0.15) is 0 Å². The van der Waals surface area contributed by atoms with Gasteiger partial charge in [0.05, 0.1) is 46.2 Å². The van der Waals surface area contributed by atoms with Crippen molar-refractivity contribution in [3.63, 3.8) is 0 Å². The third-order valence-corrected chi connectivity index (χ3v) is 9.23. The number of ketones is 1. The molecule has 32 heavy (non-hydrogen) atoms. The van der Waals surface area contributed by atoms with Crippen molar-refractivity contribution < 1.29 is 14.3 Å². The van der Waals surface area contributed by atoms with Crippen LogP contribution in [-0.4, -0.2) is 58.4 Å². The van der Waals surface area contributed by atoms with Gasteiger partial charge in [0, 0.05) is 26.2 Å². The highest BCUT2D eigenvalue weighted by Crippen LogP contribution is 2.45. The maximum Gasteiger partial charge on any atom is 0.213 e. The monoisotopic (exact) mass is 476 g/mol. The SMILES string of the molecule is Cc1c(N2CCOCC2)sc(C(=O)c2sc(N3CCOCC3)c(C)c2C(C)C)c1C(C)C. The molecular weight excluding hydrogens is 440 g/mol. The lowest BCUT2D eigenvalue weighted by Gasteiger charge is -2.28. The van der Waals surface area contributed by atoms with Crippen LogP contribution in [0, 0.1) is 13.8 Å². The second-order valence-electron chi connectivity index (χ2n) is 9.39. The molecule has 0 amide bonds. The summed E-state index contributed by atoms with van der Waals surface area (Å²) in [6.45, 7) is 19.8. The van der Waals surface area contributed by atoms with Gasteiger partial charge >= 0.3 is 0 Å². The van der Waals surface area contributed by atoms with E-state index in [-0.39, 0.29) is 5.78 Å². The van der Waals surface area contributed by atoms with Crippen LogP contribution < -0.4 is 9.80 Å². The molecule has 0 bridgehead atoms. The minimum absolute atomic E-state index is 0.206. The van der Waals surface area contributed by atoms with Crippen molar-refractivity contribution in [1.82, 2.24) is 0 Å². The molecule has 0 atom stereocenters. The fraction of sp³-hybridized carbons (Fsp3) is 0.640. The third kappa shape index (κ3) is 4.37. The highest BCUT2D eigenvalue weighted by Gasteiger charge is 2.31. The summed E-state index contributed by atoms with van der Waals surface area (Å²) < 4.78 is 11.1. The van der Waals surface area contributed by atoms with Crippen molar-refractivity contribution in [2.75, 3.05) is 62.4 Å². The van der Waals surface area contributed by atoms with E-state index in [1.807, 2.05) is 0 Å². The number of ether oxygens (including phenoxy) is 2. The van der Waals surface area contributed by atoms with E-state index >= 15 is 0 Å². The minimum atomic E-state index is 0.206. The first-order chi connectivity index (χ1) is 15.3. The van der Waals surface area contributed by atoms with Crippen molar-refractivity contribution in [3.05, 3.63) is 32.0 Å². The minimum Gasteiger partial charge on any atom is -0.378 e. The number of hydrogen-bond acceptors (Lipinski definition) is 7. The van der Waals surface area contributed by atoms with Crippen molar-refractivity contribution in [2.45, 2.75) is 53.4 Å². The summed E-state index contributed by atoms with van der Waals surface area (Å²) in [5.74, 6) is 0.821. The summed E-state index contributed by atoms with van der Waals surface area (Å²) in [4.78, 5) is 20.8. The van der Waals surface area contributed by atoms with Crippen LogP contribution in [0.3, 0.4) is 0 Å². The number of carbonyl (C=O) groups excluding carboxylic acids is 1. The largest absolute Gasteiger partial charge is 0.378 e. The summed E-state index contributed by atoms with van der Waals surface area (Å²) in [6, 6.07) is 0. The van der Waals surface area contributed by atoms with E-state index < -0.39 is 0 Å². The molecule has 0 N–H and O–H groups in total. The van der Waals surface area contributed by atoms with E-state index in [0.717, 1.165) is 62.4 Å². The lowest BCUT2D eigenvalue weighted by Crippen LogP contribution is -2.36. The predicted octanol–water partition coefficient (Wildman–Crippen LogP) is 5.58. The van der Waals surface area contributed by atoms with Crippen LogP contribution >= 0.6 is 22.7 Å². The van der Waals surface area contributed by atoms with Crippen molar-refractivity contribution in [1.29, 1.82) is 0 Å². The molecule has 2 aromatic heterocycles. The Kier molecular flexibility index (Phi) is 7.30. The highest BCUT2D eigenvalue weighted by molar-refractivity contribution is 7.21. The van der Waals surface area contributed by atoms with E-state index in [4.69, 9.17) is 9.47 Å². The smallest absolute Gasteiger partial charge is 0.213 e. The Morgan fingerprint density at radius 2 is 1.06 bits per heavy atom. The second-order valence-corrected chi connectivity index (χ2v) is 11.4. The van der Waals surface area contributed by atoms with Crippen LogP contribution in [0.1, 0.15) is 76.3 Å². The fourth-order valence-corrected chi connectivity index (χ4v) is 7.98. The number of thiophene rings is 2. The molecule has 0 aliphatic carbocycles. The Labute approximate surface area is 200 Å². The summed E-state index contributed by atoms with van der Waals surface area (Å²) in [7, 11) is 0. The molecular formula is C25H36N2O3S2. The zero-order valence-electron chi connectivity index (χ0n) is 20.2. The zero-order valence-corrected chi connectivity index (χ0v) is 21.9. The van der Waals surface area contributed by atoms with E-state index in [1.54, 1.807) is 22.7 Å². The molecule has 2 aliphatic rings. The first-order valence-corrected chi connectivity index (χ1v) is 13.4. The van der Waals surface area contributed by atoms with Crippen LogP contribution in [0.4, 0.5) is 10.0 Å². The van der Waals surface area contributed by atoms with Crippen LogP contribution in [0.25, 0.3) is 0 Å². The summed E-state index contributed by atoms with van der Waals surface area (Å²) >= 11 is 3.38. The number of morpholine rings is 2. The normalized spacial score (nSPS) is 17.6. The molecule has 0 spiro atoms. The maximum atomic E-state index is 14.1. The predicted molar refractivity (Wildman–Crippen MR) is 136 cm³/mol. The van der Waals surface area contributed by atoms with E-state index in [2.05, 4.69) is 51.3 Å². The molecule has 7 heteroatoms. The Hall–Kier alpha value is -1.41. The molecule has 0 aromatic carbocycles. The van der Waals surface area contributed by atoms with Gasteiger partial charge in [-0.3, -0.25) is 4.79 Å². The number of hydrogen-bond donors (Lipinski definition) is 0. The summed E-state index contributed by atoms with van der Waals surface area (Å²) in [6.07, 6.45) is 0. The van der Waals surface area contributed by atoms with Crippen LogP contribution in [0.15, 0.2) is 0 Å². The topological polar surface area (TPSA) is 42.0 Å². The quantitative estimate of drug-likeness (QED) is 0.509. The van der Waals surface area contributed by atoms with Crippen LogP contribution in [0.2, 0.25) is 0 Å². The number of rotatable bonds is 6. The highest BCUT2D eigenvalue weighted by atomic mass is 32.1. The molecule has 176 valence electrons. The Balaban J connectivity index is 1.78. The van der Waals surface area contributed by atoms with Gasteiger partial charge < -0.3 is 19.3 Å². The van der Waals surface area contributed by atoms with Gasteiger partial charge in [0.15, 0.2) is 0 Å². The number of nitrogens with zero attached hydrogens (tertiary/aromatic N) is 2. The standard InChI is InChI=1S/C25H36N2O3S2/c1-15(2)19-17(5)24(26-7-11-29-12-8-26)31-22(19)21(28)23-20(16(3)4)18(6)25(32-23)27-9-13-30-14-10-27/h15-16H,7-14H2,1-6H3. The molecule has 0 saturated carbocycles. The van der Waals surface area contributed by atoms with Gasteiger partial charge in [0.25, 0.3) is 0 Å². The summed E-state index contributed by atoms with van der Waals surface area (Å²) in [5, 5.41) is 2.49. The molecule has 2 fully saturated rings. The molecule has 0 unspecified atom stereocenters. The lowest BCUT2D eigenvalue weighted by atomic mass is 9.94. The van der Waals surface area contributed by atoms with Gasteiger partial charge in [-0.05, 0) is 47.9 Å². The Bertz CT molecular complexity index is 888. The number of anilines is 2. The average molecular weight is 477 g/mol. The van der Waals surface area contributed by atoms with Gasteiger partial charge in [-0.15, -0.1) is 22.7 Å². The van der Waals surface area contributed by atoms with Crippen molar-refractivity contribution >= 4 is 38.5 Å². The first kappa shape index (κ1) is 23.7. The molecule has 2 aromatic rings. The fourth-order valence-electron chi connectivity index (χ4n) is 4.99. The maximum absolute atomic E-state index is 14.1. The van der Waals surface area contributed by atoms with Crippen molar-refractivity contribution in [3.8, 4) is 0 Å². The zero-order chi connectivity index (χ0) is 23.0. The number of carbonyl (C=O) groups is 1. The van der Waals surface area contributed by atoms with Crippen LogP contribution in [0.5, 0.6) is 0 Å². The van der Waals surface area contributed by atoms with E-state index in [9.17, 15) is 4.79 Å². The molecule has 2 saturated heterocycles. The van der Waals surface area contributed by atoms with Gasteiger partial charge in [0.1, 0.15) is 0 Å². The average Bonchev–Trinajstić information content (AvgIpc) is 3.32. The molecule has 0 radical (unpaired) electrons. The lowest BCUT2D eigenvalue weighted by molar-refractivity contribution is 0.104. The second kappa shape index (κ2) is 9.84. The van der Waals surface area contributed by atoms with Gasteiger partial charge in [-0.25, -0.2) is 0 Å². The van der Waals surface area contributed by atoms with E-state index in [1.165, 1.54) is 32.3 Å². The third-order valence-electron chi connectivity index (χ3n) is 6.50. The Morgan fingerprint density at radius 1 is 0.719 bits per heavy atom. The molecule has 4 heterocycles. The van der Waals surface area contributed by atoms with E-state index in [0.29, 0.717) is 11.8 Å². The summed E-state index contributed by atoms with van der Waals surface area (Å²) in [5.41, 5.74) is 4.97. The molecule has 2 aliphatic heterocycles. The molecule has 5 nitrogen and oxygen atoms in total.